The van der Waals surface area contributed by atoms with Gasteiger partial charge in [0.2, 0.25) is 0 Å². The highest BCUT2D eigenvalue weighted by Gasteiger charge is 2.29. The van der Waals surface area contributed by atoms with Crippen molar-refractivity contribution in [3.63, 3.8) is 0 Å². The number of thiophene rings is 1. The summed E-state index contributed by atoms with van der Waals surface area (Å²) in [5, 5.41) is 1.09. The molecule has 2 aliphatic rings. The van der Waals surface area contributed by atoms with E-state index in [4.69, 9.17) is 9.97 Å². The SMILES string of the molecule is Cc1nc(C2CC2)nc2sc(C(=O)N(C)CC3CCCCC3)c(C)c12. The molecule has 0 radical (unpaired) electrons. The molecule has 0 unspecified atom stereocenters. The Morgan fingerprint density at radius 2 is 1.84 bits per heavy atom. The zero-order valence-corrected chi connectivity index (χ0v) is 16.3. The first-order valence-corrected chi connectivity index (χ1v) is 10.4. The second-order valence-electron chi connectivity index (χ2n) is 7.87. The highest BCUT2D eigenvalue weighted by molar-refractivity contribution is 7.20. The molecule has 0 bridgehead atoms. The van der Waals surface area contributed by atoms with Gasteiger partial charge in [0, 0.05) is 24.9 Å². The van der Waals surface area contributed by atoms with E-state index >= 15 is 0 Å². The Morgan fingerprint density at radius 1 is 1.12 bits per heavy atom. The largest absolute Gasteiger partial charge is 0.341 e. The topological polar surface area (TPSA) is 46.1 Å². The van der Waals surface area contributed by atoms with Gasteiger partial charge in [-0.2, -0.15) is 0 Å². The molecule has 5 heteroatoms. The van der Waals surface area contributed by atoms with Crippen LogP contribution in [0.25, 0.3) is 10.2 Å². The Morgan fingerprint density at radius 3 is 2.52 bits per heavy atom. The van der Waals surface area contributed by atoms with E-state index in [-0.39, 0.29) is 5.91 Å². The van der Waals surface area contributed by atoms with Gasteiger partial charge in [-0.3, -0.25) is 4.79 Å². The molecule has 2 saturated carbocycles. The maximum absolute atomic E-state index is 13.0. The lowest BCUT2D eigenvalue weighted by Gasteiger charge is -2.27. The molecule has 2 aromatic heterocycles. The third kappa shape index (κ3) is 3.31. The number of aromatic nitrogens is 2. The van der Waals surface area contributed by atoms with Gasteiger partial charge in [0.05, 0.1) is 10.6 Å². The molecule has 4 rings (SSSR count). The van der Waals surface area contributed by atoms with Crippen molar-refractivity contribution in [3.8, 4) is 0 Å². The molecule has 0 aliphatic heterocycles. The van der Waals surface area contributed by atoms with Gasteiger partial charge >= 0.3 is 0 Å². The molecule has 0 aromatic carbocycles. The van der Waals surface area contributed by atoms with E-state index < -0.39 is 0 Å². The van der Waals surface area contributed by atoms with Crippen LogP contribution in [0, 0.1) is 19.8 Å². The molecular formula is C20H27N3OS. The molecule has 2 fully saturated rings. The smallest absolute Gasteiger partial charge is 0.264 e. The zero-order chi connectivity index (χ0) is 17.6. The molecule has 1 amide bonds. The molecule has 2 aliphatic carbocycles. The molecule has 0 spiro atoms. The second-order valence-corrected chi connectivity index (χ2v) is 8.87. The Hall–Kier alpha value is -1.49. The van der Waals surface area contributed by atoms with Crippen LogP contribution in [0.1, 0.15) is 77.6 Å². The van der Waals surface area contributed by atoms with E-state index in [9.17, 15) is 4.79 Å². The standard InChI is InChI=1S/C20H27N3OS/c1-12-16-13(2)21-18(15-9-10-15)22-19(16)25-17(12)20(24)23(3)11-14-7-5-4-6-8-14/h14-15H,4-11H2,1-3H3. The molecule has 0 atom stereocenters. The van der Waals surface area contributed by atoms with Crippen molar-refractivity contribution >= 4 is 27.5 Å². The van der Waals surface area contributed by atoms with Gasteiger partial charge in [-0.05, 0) is 51.0 Å². The Kier molecular flexibility index (Phi) is 4.52. The van der Waals surface area contributed by atoms with E-state index in [2.05, 4.69) is 6.92 Å². The van der Waals surface area contributed by atoms with Crippen LogP contribution >= 0.6 is 11.3 Å². The monoisotopic (exact) mass is 357 g/mol. The van der Waals surface area contributed by atoms with Gasteiger partial charge in [0.15, 0.2) is 0 Å². The van der Waals surface area contributed by atoms with E-state index in [0.717, 1.165) is 38.7 Å². The molecule has 0 saturated heterocycles. The summed E-state index contributed by atoms with van der Waals surface area (Å²) in [5.74, 6) is 2.33. The van der Waals surface area contributed by atoms with Crippen molar-refractivity contribution in [3.05, 3.63) is 22.0 Å². The summed E-state index contributed by atoms with van der Waals surface area (Å²) >= 11 is 1.55. The number of carbonyl (C=O) groups excluding carboxylic acids is 1. The van der Waals surface area contributed by atoms with E-state index in [0.29, 0.717) is 11.8 Å². The highest BCUT2D eigenvalue weighted by atomic mass is 32.1. The molecule has 2 heterocycles. The van der Waals surface area contributed by atoms with Crippen molar-refractivity contribution in [1.82, 2.24) is 14.9 Å². The normalized spacial score (nSPS) is 18.7. The first-order valence-electron chi connectivity index (χ1n) is 9.57. The maximum Gasteiger partial charge on any atom is 0.264 e. The number of amides is 1. The molecule has 2 aromatic rings. The van der Waals surface area contributed by atoms with Crippen LogP contribution in [0.4, 0.5) is 0 Å². The number of aryl methyl sites for hydroxylation is 2. The first kappa shape index (κ1) is 17.0. The Bertz CT molecular complexity index is 803. The van der Waals surface area contributed by atoms with Crippen molar-refractivity contribution in [2.75, 3.05) is 13.6 Å². The summed E-state index contributed by atoms with van der Waals surface area (Å²) in [5.41, 5.74) is 2.08. The quantitative estimate of drug-likeness (QED) is 0.787. The summed E-state index contributed by atoms with van der Waals surface area (Å²) < 4.78 is 0. The average molecular weight is 358 g/mol. The summed E-state index contributed by atoms with van der Waals surface area (Å²) in [7, 11) is 1.95. The summed E-state index contributed by atoms with van der Waals surface area (Å²) in [6, 6.07) is 0. The predicted molar refractivity (Wildman–Crippen MR) is 102 cm³/mol. The van der Waals surface area contributed by atoms with Crippen LogP contribution in [-0.4, -0.2) is 34.4 Å². The minimum atomic E-state index is 0.151. The van der Waals surface area contributed by atoms with Gasteiger partial charge in [0.25, 0.3) is 5.91 Å². The number of carbonyl (C=O) groups is 1. The minimum absolute atomic E-state index is 0.151. The van der Waals surface area contributed by atoms with E-state index in [1.165, 1.54) is 44.9 Å². The second kappa shape index (κ2) is 6.67. The van der Waals surface area contributed by atoms with Gasteiger partial charge in [-0.1, -0.05) is 19.3 Å². The van der Waals surface area contributed by atoms with Crippen LogP contribution < -0.4 is 0 Å². The predicted octanol–water partition coefficient (Wildman–Crippen LogP) is 4.84. The fourth-order valence-corrected chi connectivity index (χ4v) is 5.33. The summed E-state index contributed by atoms with van der Waals surface area (Å²) in [6.45, 7) is 4.98. The third-order valence-electron chi connectivity index (χ3n) is 5.73. The fourth-order valence-electron chi connectivity index (χ4n) is 4.10. The van der Waals surface area contributed by atoms with Crippen LogP contribution in [0.15, 0.2) is 0 Å². The van der Waals surface area contributed by atoms with Crippen LogP contribution in [0.5, 0.6) is 0 Å². The van der Waals surface area contributed by atoms with Crippen molar-refractivity contribution < 1.29 is 4.79 Å². The fraction of sp³-hybridized carbons (Fsp3) is 0.650. The van der Waals surface area contributed by atoms with E-state index in [1.54, 1.807) is 11.3 Å². The van der Waals surface area contributed by atoms with Gasteiger partial charge < -0.3 is 4.90 Å². The lowest BCUT2D eigenvalue weighted by molar-refractivity contribution is 0.0765. The van der Waals surface area contributed by atoms with Gasteiger partial charge in [0.1, 0.15) is 10.7 Å². The third-order valence-corrected chi connectivity index (χ3v) is 6.90. The summed E-state index contributed by atoms with van der Waals surface area (Å²) in [4.78, 5) is 26.3. The number of fused-ring (bicyclic) bond motifs is 1. The van der Waals surface area contributed by atoms with Crippen molar-refractivity contribution in [2.45, 2.75) is 64.7 Å². The molecule has 4 nitrogen and oxygen atoms in total. The summed E-state index contributed by atoms with van der Waals surface area (Å²) in [6.07, 6.45) is 8.90. The van der Waals surface area contributed by atoms with E-state index in [1.807, 2.05) is 18.9 Å². The van der Waals surface area contributed by atoms with Crippen molar-refractivity contribution in [1.29, 1.82) is 0 Å². The van der Waals surface area contributed by atoms with Gasteiger partial charge in [-0.15, -0.1) is 11.3 Å². The first-order chi connectivity index (χ1) is 12.0. The number of hydrogen-bond donors (Lipinski definition) is 0. The lowest BCUT2D eigenvalue weighted by Crippen LogP contribution is -2.32. The number of hydrogen-bond acceptors (Lipinski definition) is 4. The Balaban J connectivity index is 1.60. The maximum atomic E-state index is 13.0. The van der Waals surface area contributed by atoms with Crippen LogP contribution in [-0.2, 0) is 0 Å². The molecular weight excluding hydrogens is 330 g/mol. The number of nitrogens with zero attached hydrogens (tertiary/aromatic N) is 3. The van der Waals surface area contributed by atoms with Crippen LogP contribution in [0.2, 0.25) is 0 Å². The molecule has 134 valence electrons. The lowest BCUT2D eigenvalue weighted by atomic mass is 9.89. The zero-order valence-electron chi connectivity index (χ0n) is 15.5. The molecule has 0 N–H and O–H groups in total. The van der Waals surface area contributed by atoms with Crippen molar-refractivity contribution in [2.24, 2.45) is 5.92 Å². The highest BCUT2D eigenvalue weighted by Crippen LogP contribution is 2.40. The minimum Gasteiger partial charge on any atom is -0.341 e. The molecule has 25 heavy (non-hydrogen) atoms. The van der Waals surface area contributed by atoms with Gasteiger partial charge in [-0.25, -0.2) is 9.97 Å². The van der Waals surface area contributed by atoms with Crippen LogP contribution in [0.3, 0.4) is 0 Å². The average Bonchev–Trinajstić information content (AvgIpc) is 3.39. The Labute approximate surface area is 153 Å². The number of rotatable bonds is 4.